The van der Waals surface area contributed by atoms with Gasteiger partial charge in [0.05, 0.1) is 24.1 Å². The summed E-state index contributed by atoms with van der Waals surface area (Å²) in [6.07, 6.45) is 2.46. The first-order valence-corrected chi connectivity index (χ1v) is 10.3. The van der Waals surface area contributed by atoms with Gasteiger partial charge in [0.2, 0.25) is 5.91 Å². The predicted octanol–water partition coefficient (Wildman–Crippen LogP) is 3.51. The Balaban J connectivity index is 1.71. The van der Waals surface area contributed by atoms with Gasteiger partial charge < -0.3 is 9.73 Å². The monoisotopic (exact) mass is 391 g/mol. The number of rotatable bonds is 8. The summed E-state index contributed by atoms with van der Waals surface area (Å²) >= 11 is 2.70. The average Bonchev–Trinajstić information content (AvgIpc) is 3.28. The molecule has 1 N–H and O–H groups in total. The normalized spacial score (nSPS) is 11.3. The zero-order valence-electron chi connectivity index (χ0n) is 14.7. The molecule has 138 valence electrons. The number of thiophene rings is 1. The molecule has 3 rings (SSSR count). The maximum atomic E-state index is 12.8. The summed E-state index contributed by atoms with van der Waals surface area (Å²) in [4.78, 5) is 29.5. The summed E-state index contributed by atoms with van der Waals surface area (Å²) in [6.45, 7) is 5.20. The number of hydrogen-bond donors (Lipinski definition) is 1. The minimum absolute atomic E-state index is 0.0239. The largest absolute Gasteiger partial charge is 0.467 e. The van der Waals surface area contributed by atoms with Crippen molar-refractivity contribution >= 4 is 39.2 Å². The van der Waals surface area contributed by atoms with Crippen LogP contribution in [0.4, 0.5) is 0 Å². The predicted molar refractivity (Wildman–Crippen MR) is 105 cm³/mol. The molecule has 0 aliphatic carbocycles. The quantitative estimate of drug-likeness (QED) is 0.470. The number of fused-ring (bicyclic) bond motifs is 1. The smallest absolute Gasteiger partial charge is 0.272 e. The Hall–Kier alpha value is -2.06. The molecule has 0 aliphatic heterocycles. The third-order valence-electron chi connectivity index (χ3n) is 3.83. The van der Waals surface area contributed by atoms with Crippen molar-refractivity contribution in [2.24, 2.45) is 5.92 Å². The number of amides is 1. The maximum absolute atomic E-state index is 12.8. The van der Waals surface area contributed by atoms with Gasteiger partial charge in [0, 0.05) is 6.54 Å². The van der Waals surface area contributed by atoms with E-state index >= 15 is 0 Å². The maximum Gasteiger partial charge on any atom is 0.272 e. The van der Waals surface area contributed by atoms with E-state index in [4.69, 9.17) is 4.42 Å². The minimum Gasteiger partial charge on any atom is -0.467 e. The van der Waals surface area contributed by atoms with E-state index in [1.807, 2.05) is 17.5 Å². The molecule has 0 atom stereocenters. The second kappa shape index (κ2) is 8.55. The second-order valence-electron chi connectivity index (χ2n) is 6.31. The van der Waals surface area contributed by atoms with Crippen molar-refractivity contribution in [2.45, 2.75) is 38.5 Å². The van der Waals surface area contributed by atoms with Crippen LogP contribution in [0, 0.1) is 5.92 Å². The third-order valence-corrected chi connectivity index (χ3v) is 5.70. The van der Waals surface area contributed by atoms with Crippen LogP contribution in [-0.2, 0) is 17.9 Å². The molecule has 0 aliphatic rings. The fraction of sp³-hybridized carbons (Fsp3) is 0.389. The zero-order chi connectivity index (χ0) is 18.5. The highest BCUT2D eigenvalue weighted by molar-refractivity contribution is 7.99. The van der Waals surface area contributed by atoms with Crippen LogP contribution in [0.3, 0.4) is 0 Å². The SMILES string of the molecule is CC(C)CCn1c(SCC(=O)NCc2ccco2)nc2ccsc2c1=O. The molecular weight excluding hydrogens is 370 g/mol. The molecule has 0 aromatic carbocycles. The lowest BCUT2D eigenvalue weighted by Gasteiger charge is -2.13. The van der Waals surface area contributed by atoms with Crippen molar-refractivity contribution < 1.29 is 9.21 Å². The number of carbonyl (C=O) groups is 1. The van der Waals surface area contributed by atoms with Crippen molar-refractivity contribution in [3.05, 3.63) is 46.0 Å². The molecule has 3 aromatic rings. The van der Waals surface area contributed by atoms with Crippen molar-refractivity contribution in [2.75, 3.05) is 5.75 Å². The first-order valence-electron chi connectivity index (χ1n) is 8.44. The van der Waals surface area contributed by atoms with Crippen LogP contribution in [0.5, 0.6) is 0 Å². The van der Waals surface area contributed by atoms with E-state index in [-0.39, 0.29) is 17.2 Å². The lowest BCUT2D eigenvalue weighted by Crippen LogP contribution is -2.26. The molecule has 3 heterocycles. The molecular formula is C18H21N3O3S2. The molecule has 0 spiro atoms. The van der Waals surface area contributed by atoms with Gasteiger partial charge in [0.1, 0.15) is 10.5 Å². The van der Waals surface area contributed by atoms with Gasteiger partial charge in [-0.05, 0) is 35.9 Å². The van der Waals surface area contributed by atoms with E-state index in [2.05, 4.69) is 24.1 Å². The molecule has 1 amide bonds. The Kier molecular flexibility index (Phi) is 6.16. The molecule has 0 saturated heterocycles. The van der Waals surface area contributed by atoms with E-state index in [1.54, 1.807) is 16.9 Å². The summed E-state index contributed by atoms with van der Waals surface area (Å²) in [6, 6.07) is 5.43. The van der Waals surface area contributed by atoms with E-state index in [9.17, 15) is 9.59 Å². The highest BCUT2D eigenvalue weighted by Crippen LogP contribution is 2.21. The second-order valence-corrected chi connectivity index (χ2v) is 8.17. The number of carbonyl (C=O) groups excluding carboxylic acids is 1. The third kappa shape index (κ3) is 4.56. The lowest BCUT2D eigenvalue weighted by molar-refractivity contribution is -0.118. The summed E-state index contributed by atoms with van der Waals surface area (Å²) in [5, 5.41) is 5.27. The van der Waals surface area contributed by atoms with Crippen LogP contribution in [0.15, 0.2) is 44.2 Å². The minimum atomic E-state index is -0.124. The number of thioether (sulfide) groups is 1. The number of nitrogens with zero attached hydrogens (tertiary/aromatic N) is 2. The van der Waals surface area contributed by atoms with Crippen LogP contribution >= 0.6 is 23.1 Å². The van der Waals surface area contributed by atoms with E-state index < -0.39 is 0 Å². The number of aromatic nitrogens is 2. The van der Waals surface area contributed by atoms with Gasteiger partial charge in [-0.15, -0.1) is 11.3 Å². The summed E-state index contributed by atoms with van der Waals surface area (Å²) < 4.78 is 7.56. The van der Waals surface area contributed by atoms with Gasteiger partial charge in [0.15, 0.2) is 5.16 Å². The zero-order valence-corrected chi connectivity index (χ0v) is 16.4. The van der Waals surface area contributed by atoms with E-state index in [0.717, 1.165) is 6.42 Å². The summed E-state index contributed by atoms with van der Waals surface area (Å²) in [7, 11) is 0. The van der Waals surface area contributed by atoms with Crippen LogP contribution in [0.2, 0.25) is 0 Å². The molecule has 0 radical (unpaired) electrons. The average molecular weight is 392 g/mol. The molecule has 0 bridgehead atoms. The van der Waals surface area contributed by atoms with E-state index in [0.29, 0.717) is 40.1 Å². The van der Waals surface area contributed by atoms with Crippen LogP contribution in [0.25, 0.3) is 10.2 Å². The molecule has 8 heteroatoms. The lowest BCUT2D eigenvalue weighted by atomic mass is 10.1. The first kappa shape index (κ1) is 18.7. The van der Waals surface area contributed by atoms with Crippen molar-refractivity contribution in [3.63, 3.8) is 0 Å². The van der Waals surface area contributed by atoms with Crippen LogP contribution < -0.4 is 10.9 Å². The van der Waals surface area contributed by atoms with Crippen molar-refractivity contribution in [3.8, 4) is 0 Å². The Morgan fingerprint density at radius 3 is 3.00 bits per heavy atom. The number of hydrogen-bond acceptors (Lipinski definition) is 6. The van der Waals surface area contributed by atoms with Gasteiger partial charge in [-0.3, -0.25) is 14.2 Å². The molecule has 26 heavy (non-hydrogen) atoms. The molecule has 3 aromatic heterocycles. The van der Waals surface area contributed by atoms with Crippen LogP contribution in [0.1, 0.15) is 26.0 Å². The Morgan fingerprint density at radius 2 is 2.27 bits per heavy atom. The number of furan rings is 1. The number of nitrogens with one attached hydrogen (secondary N) is 1. The first-order chi connectivity index (χ1) is 12.5. The van der Waals surface area contributed by atoms with Gasteiger partial charge in [-0.2, -0.15) is 0 Å². The fourth-order valence-corrected chi connectivity index (χ4v) is 4.03. The molecule has 0 fully saturated rings. The summed E-state index contributed by atoms with van der Waals surface area (Å²) in [5.41, 5.74) is 0.670. The Morgan fingerprint density at radius 1 is 1.42 bits per heavy atom. The topological polar surface area (TPSA) is 77.1 Å². The van der Waals surface area contributed by atoms with Gasteiger partial charge >= 0.3 is 0 Å². The van der Waals surface area contributed by atoms with Gasteiger partial charge in [0.25, 0.3) is 5.56 Å². The molecule has 0 saturated carbocycles. The summed E-state index contributed by atoms with van der Waals surface area (Å²) in [5.74, 6) is 1.26. The fourth-order valence-electron chi connectivity index (χ4n) is 2.40. The Labute approximate surface area is 159 Å². The standard InChI is InChI=1S/C18H21N3O3S2/c1-12(2)5-7-21-17(23)16-14(6-9-25-16)20-18(21)26-11-15(22)19-10-13-4-3-8-24-13/h3-4,6,8-9,12H,5,7,10-11H2,1-2H3,(H,19,22). The molecule has 6 nitrogen and oxygen atoms in total. The van der Waals surface area contributed by atoms with Gasteiger partial charge in [-0.1, -0.05) is 25.6 Å². The van der Waals surface area contributed by atoms with Crippen molar-refractivity contribution in [1.82, 2.24) is 14.9 Å². The highest BCUT2D eigenvalue weighted by atomic mass is 32.2. The van der Waals surface area contributed by atoms with E-state index in [1.165, 1.54) is 23.1 Å². The van der Waals surface area contributed by atoms with Crippen LogP contribution in [-0.4, -0.2) is 21.2 Å². The molecule has 0 unspecified atom stereocenters. The highest BCUT2D eigenvalue weighted by Gasteiger charge is 2.14. The Bertz CT molecular complexity index is 929. The van der Waals surface area contributed by atoms with Gasteiger partial charge in [-0.25, -0.2) is 4.98 Å². The van der Waals surface area contributed by atoms with Crippen molar-refractivity contribution in [1.29, 1.82) is 0 Å².